The number of aryl methyl sites for hydroxylation is 6. The second-order valence-corrected chi connectivity index (χ2v) is 17.6. The zero-order valence-corrected chi connectivity index (χ0v) is 42.2. The first-order valence-corrected chi connectivity index (χ1v) is 23.6. The van der Waals surface area contributed by atoms with Gasteiger partial charge in [0, 0.05) is 57.8 Å². The van der Waals surface area contributed by atoms with Crippen molar-refractivity contribution in [3.8, 4) is 67.0 Å². The van der Waals surface area contributed by atoms with Gasteiger partial charge in [0.1, 0.15) is 0 Å². The molecular formula is C66H46F2IrN5. The molecule has 0 saturated carbocycles. The van der Waals surface area contributed by atoms with Crippen LogP contribution in [0.25, 0.3) is 94.3 Å². The topological polar surface area (TPSA) is 56.0 Å². The molecule has 0 radical (unpaired) electrons. The SMILES string of the molecule is [2H]C([2H])(c1cc(-c2ccccc2-c2c[c-]c3c(c2)c2c(C)c(C)nn2c2c(-c4ccc(-c5ccccc5)cc4)ccnc32)cc(C([2H])([2H])C([2H])([2H])c2c[c-]c(-c3ccccn3)c(F)c2)c1)C([2H])([2H])c1c[c-]c(-c2ccccn2)c(F)c1.[Ir+3]. The minimum atomic E-state index is -3.05. The van der Waals surface area contributed by atoms with Crippen LogP contribution < -0.4 is 0 Å². The van der Waals surface area contributed by atoms with E-state index in [0.717, 1.165) is 73.5 Å². The Bertz CT molecular complexity index is 4280. The van der Waals surface area contributed by atoms with Crippen LogP contribution >= 0.6 is 0 Å². The average molecular weight is 1150 g/mol. The predicted molar refractivity (Wildman–Crippen MR) is 290 cm³/mol. The molecule has 0 aliphatic carbocycles. The van der Waals surface area contributed by atoms with Crippen molar-refractivity contribution in [2.45, 2.75) is 39.3 Å². The Morgan fingerprint density at radius 2 is 1.03 bits per heavy atom. The normalized spacial score (nSPS) is 13.7. The number of halogens is 2. The van der Waals surface area contributed by atoms with Crippen LogP contribution in [0.5, 0.6) is 0 Å². The largest absolute Gasteiger partial charge is 3.00 e. The maximum Gasteiger partial charge on any atom is 3.00 e. The Labute approximate surface area is 453 Å². The van der Waals surface area contributed by atoms with Gasteiger partial charge in [0.25, 0.3) is 0 Å². The molecule has 0 aliphatic rings. The number of hydrogen-bond donors (Lipinski definition) is 0. The summed E-state index contributed by atoms with van der Waals surface area (Å²) in [6.07, 6.45) is -7.38. The smallest absolute Gasteiger partial charge is 0.305 e. The van der Waals surface area contributed by atoms with Crippen molar-refractivity contribution in [3.05, 3.63) is 258 Å². The van der Waals surface area contributed by atoms with Crippen molar-refractivity contribution in [2.24, 2.45) is 0 Å². The zero-order valence-electron chi connectivity index (χ0n) is 47.8. The quantitative estimate of drug-likeness (QED) is 0.0904. The molecule has 0 bridgehead atoms. The van der Waals surface area contributed by atoms with Crippen LogP contribution in [-0.4, -0.2) is 24.6 Å². The first-order valence-electron chi connectivity index (χ1n) is 27.6. The van der Waals surface area contributed by atoms with E-state index in [1.165, 1.54) is 36.7 Å². The van der Waals surface area contributed by atoms with E-state index < -0.39 is 48.3 Å². The molecule has 12 aromatic rings. The van der Waals surface area contributed by atoms with Crippen molar-refractivity contribution in [2.75, 3.05) is 0 Å². The zero-order chi connectivity index (χ0) is 56.6. The Kier molecular flexibility index (Phi) is 11.0. The summed E-state index contributed by atoms with van der Waals surface area (Å²) in [5, 5.41) is 6.61. The van der Waals surface area contributed by atoms with Gasteiger partial charge >= 0.3 is 20.1 Å². The Morgan fingerprint density at radius 1 is 0.473 bits per heavy atom. The summed E-state index contributed by atoms with van der Waals surface area (Å²) >= 11 is 0. The van der Waals surface area contributed by atoms with E-state index in [9.17, 15) is 11.0 Å². The minimum Gasteiger partial charge on any atom is -0.305 e. The number of benzene rings is 7. The minimum absolute atomic E-state index is 0. The standard InChI is InChI=1S/C66H46F2N5.Ir/c1-42-43(2)72-73-65(42)59-41-51(28-31-56(59)64-66(73)55(32-35-71-64)50-26-24-49(25-27-50)48-12-4-3-5-13-48)53-14-6-7-15-54(53)52-37-46(20-18-44-22-29-57(60(67)39-44)62-16-8-10-33-69-62)36-47(38-52)21-19-45-23-30-58(61(68)40-45)63-17-9-11-34-70-63;/h3-17,22-28,32-41H,18-21H2,1-2H3;/q-3;+3/i18D2,19D2,20D2,21D2;. The van der Waals surface area contributed by atoms with Gasteiger partial charge in [-0.05, 0) is 101 Å². The third-order valence-corrected chi connectivity index (χ3v) is 13.0. The van der Waals surface area contributed by atoms with Gasteiger partial charge < -0.3 is 15.0 Å². The molecule has 0 unspecified atom stereocenters. The van der Waals surface area contributed by atoms with E-state index in [1.807, 2.05) is 66.9 Å². The Morgan fingerprint density at radius 3 is 1.62 bits per heavy atom. The fraction of sp³-hybridized carbons (Fsp3) is 0.0909. The summed E-state index contributed by atoms with van der Waals surface area (Å²) < 4.78 is 110. The van der Waals surface area contributed by atoms with Gasteiger partial charge in [0.15, 0.2) is 0 Å². The van der Waals surface area contributed by atoms with Crippen LogP contribution in [0.15, 0.2) is 195 Å². The van der Waals surface area contributed by atoms with E-state index in [-0.39, 0.29) is 59.3 Å². The van der Waals surface area contributed by atoms with Crippen LogP contribution in [-0.2, 0) is 45.6 Å². The maximum absolute atomic E-state index is 15.9. The van der Waals surface area contributed by atoms with Crippen LogP contribution in [0, 0.1) is 43.7 Å². The van der Waals surface area contributed by atoms with Gasteiger partial charge in [-0.1, -0.05) is 162 Å². The van der Waals surface area contributed by atoms with Crippen molar-refractivity contribution >= 4 is 27.3 Å². The average Bonchev–Trinajstić information content (AvgIpc) is 4.02. The fourth-order valence-corrected chi connectivity index (χ4v) is 9.37. The summed E-state index contributed by atoms with van der Waals surface area (Å²) in [6, 6.07) is 58.5. The third kappa shape index (κ3) is 9.35. The molecule has 12 rings (SSSR count). The van der Waals surface area contributed by atoms with Crippen LogP contribution in [0.2, 0.25) is 0 Å². The van der Waals surface area contributed by atoms with Crippen LogP contribution in [0.1, 0.15) is 44.5 Å². The number of rotatable bonds is 12. The van der Waals surface area contributed by atoms with Crippen molar-refractivity contribution in [1.29, 1.82) is 0 Å². The predicted octanol–water partition coefficient (Wildman–Crippen LogP) is 15.7. The van der Waals surface area contributed by atoms with Crippen molar-refractivity contribution in [3.63, 3.8) is 0 Å². The molecule has 7 aromatic carbocycles. The Balaban J connectivity index is 0.00000705. The molecule has 5 nitrogen and oxygen atoms in total. The second-order valence-electron chi connectivity index (χ2n) is 17.6. The molecule has 0 fully saturated rings. The molecule has 74 heavy (non-hydrogen) atoms. The summed E-state index contributed by atoms with van der Waals surface area (Å²) in [4.78, 5) is 13.3. The summed E-state index contributed by atoms with van der Waals surface area (Å²) in [6.45, 7) is 3.97. The molecule has 358 valence electrons. The van der Waals surface area contributed by atoms with Crippen molar-refractivity contribution in [1.82, 2.24) is 24.6 Å². The fourth-order valence-electron chi connectivity index (χ4n) is 9.37. The summed E-state index contributed by atoms with van der Waals surface area (Å²) in [7, 11) is 0. The molecule has 0 aliphatic heterocycles. The molecule has 0 saturated heterocycles. The van der Waals surface area contributed by atoms with E-state index >= 15 is 8.78 Å². The Hall–Kier alpha value is -8.29. The van der Waals surface area contributed by atoms with Gasteiger partial charge in [0.2, 0.25) is 0 Å². The van der Waals surface area contributed by atoms with E-state index in [4.69, 9.17) is 10.1 Å². The van der Waals surface area contributed by atoms with E-state index in [2.05, 4.69) is 64.6 Å². The van der Waals surface area contributed by atoms with Crippen LogP contribution in [0.4, 0.5) is 8.78 Å². The first-order chi connectivity index (χ1) is 38.8. The summed E-state index contributed by atoms with van der Waals surface area (Å²) in [5.41, 5.74) is 8.90. The molecule has 5 heterocycles. The number of hydrogen-bond acceptors (Lipinski definition) is 4. The number of pyridine rings is 4. The molecule has 8 heteroatoms. The number of nitrogens with zero attached hydrogens (tertiary/aromatic N) is 5. The van der Waals surface area contributed by atoms with E-state index in [1.54, 1.807) is 54.7 Å². The number of fused-ring (bicyclic) bond motifs is 6. The first kappa shape index (κ1) is 39.3. The third-order valence-electron chi connectivity index (χ3n) is 13.0. The summed E-state index contributed by atoms with van der Waals surface area (Å²) in [5.74, 6) is -1.78. The maximum atomic E-state index is 15.9. The molecule has 0 N–H and O–H groups in total. The van der Waals surface area contributed by atoms with Gasteiger partial charge in [0.05, 0.1) is 11.2 Å². The van der Waals surface area contributed by atoms with Gasteiger partial charge in [-0.3, -0.25) is 8.78 Å². The van der Waals surface area contributed by atoms with Crippen LogP contribution in [0.3, 0.4) is 0 Å². The molecule has 0 spiro atoms. The van der Waals surface area contributed by atoms with Crippen molar-refractivity contribution < 1.29 is 39.9 Å². The molecular weight excluding hydrogens is 1090 g/mol. The number of aromatic nitrogens is 5. The second kappa shape index (κ2) is 20.7. The monoisotopic (exact) mass is 1150 g/mol. The van der Waals surface area contributed by atoms with Gasteiger partial charge in [-0.15, -0.1) is 71.1 Å². The molecule has 5 aromatic heterocycles. The van der Waals surface area contributed by atoms with Gasteiger partial charge in [-0.2, -0.15) is 5.10 Å². The van der Waals surface area contributed by atoms with E-state index in [0.29, 0.717) is 22.2 Å². The van der Waals surface area contributed by atoms with Gasteiger partial charge in [-0.25, -0.2) is 4.52 Å². The molecule has 0 atom stereocenters. The molecule has 0 amide bonds.